The van der Waals surface area contributed by atoms with Crippen LogP contribution in [0.2, 0.25) is 0 Å². The molecule has 160 valence electrons. The Labute approximate surface area is 173 Å². The van der Waals surface area contributed by atoms with Gasteiger partial charge in [-0.3, -0.25) is 14.7 Å². The molecule has 1 aromatic rings. The van der Waals surface area contributed by atoms with Crippen molar-refractivity contribution in [2.24, 2.45) is 4.99 Å². The lowest BCUT2D eigenvalue weighted by Gasteiger charge is -2.29. The molecule has 2 heterocycles. The topological polar surface area (TPSA) is 78.4 Å². The first-order valence-corrected chi connectivity index (χ1v) is 10.6. The molecule has 0 unspecified atom stereocenters. The Bertz CT molecular complexity index is 676. The Morgan fingerprint density at radius 1 is 1.14 bits per heavy atom. The molecule has 0 atom stereocenters. The van der Waals surface area contributed by atoms with Gasteiger partial charge in [-0.1, -0.05) is 12.1 Å². The Kier molecular flexibility index (Phi) is 8.58. The summed E-state index contributed by atoms with van der Waals surface area (Å²) in [5, 5.41) is 6.69. The number of aliphatic imine (C=N–C) groups is 1. The van der Waals surface area contributed by atoms with E-state index in [4.69, 9.17) is 9.47 Å². The van der Waals surface area contributed by atoms with Crippen LogP contribution in [-0.4, -0.2) is 82.4 Å². The Morgan fingerprint density at radius 3 is 2.79 bits per heavy atom. The van der Waals surface area contributed by atoms with Gasteiger partial charge in [0.15, 0.2) is 12.6 Å². The van der Waals surface area contributed by atoms with E-state index < -0.39 is 0 Å². The van der Waals surface area contributed by atoms with Crippen LogP contribution in [-0.2, 0) is 9.53 Å². The van der Waals surface area contributed by atoms with Gasteiger partial charge < -0.3 is 25.0 Å². The predicted octanol–water partition coefficient (Wildman–Crippen LogP) is 1.08. The number of rotatable bonds is 9. The van der Waals surface area contributed by atoms with Crippen molar-refractivity contribution in [3.05, 3.63) is 24.3 Å². The number of amides is 1. The van der Waals surface area contributed by atoms with Gasteiger partial charge in [0.25, 0.3) is 5.91 Å². The lowest BCUT2D eigenvalue weighted by atomic mass is 10.2. The monoisotopic (exact) mass is 403 g/mol. The summed E-state index contributed by atoms with van der Waals surface area (Å²) in [6, 6.07) is 7.67. The molecule has 0 saturated carbocycles. The molecule has 3 rings (SSSR count). The molecule has 2 aliphatic rings. The number of morpholine rings is 1. The number of nitrogens with one attached hydrogen (secondary N) is 2. The number of ether oxygens (including phenoxy) is 2. The van der Waals surface area contributed by atoms with Crippen LogP contribution < -0.4 is 20.3 Å². The molecule has 8 heteroatoms. The zero-order valence-corrected chi connectivity index (χ0v) is 17.4. The minimum Gasteiger partial charge on any atom is -0.482 e. The number of guanidine groups is 1. The highest BCUT2D eigenvalue weighted by molar-refractivity contribution is 5.97. The average molecular weight is 404 g/mol. The number of anilines is 1. The largest absolute Gasteiger partial charge is 0.482 e. The Balaban J connectivity index is 1.40. The second-order valence-electron chi connectivity index (χ2n) is 7.15. The summed E-state index contributed by atoms with van der Waals surface area (Å²) >= 11 is 0. The molecule has 0 radical (unpaired) electrons. The first-order valence-electron chi connectivity index (χ1n) is 10.6. The lowest BCUT2D eigenvalue weighted by molar-refractivity contribution is -0.121. The molecule has 29 heavy (non-hydrogen) atoms. The molecule has 8 nitrogen and oxygen atoms in total. The fourth-order valence-electron chi connectivity index (χ4n) is 3.49. The minimum atomic E-state index is 0.000763. The standard InChI is InChI=1S/C21H33N5O3/c1-2-22-21(23-9-5-11-25-13-15-28-16-14-25)24-10-6-12-26-18-7-3-4-8-19(18)29-17-20(26)27/h3-4,7-8H,2,5-6,9-17H2,1H3,(H2,22,23,24). The second-order valence-corrected chi connectivity index (χ2v) is 7.15. The van der Waals surface area contributed by atoms with Crippen molar-refractivity contribution >= 4 is 17.6 Å². The van der Waals surface area contributed by atoms with E-state index in [1.165, 1.54) is 0 Å². The van der Waals surface area contributed by atoms with E-state index in [2.05, 4.69) is 27.4 Å². The van der Waals surface area contributed by atoms with Crippen LogP contribution in [0, 0.1) is 0 Å². The van der Waals surface area contributed by atoms with E-state index in [0.717, 1.165) is 76.2 Å². The van der Waals surface area contributed by atoms with Crippen molar-refractivity contribution < 1.29 is 14.3 Å². The van der Waals surface area contributed by atoms with Crippen LogP contribution in [0.3, 0.4) is 0 Å². The van der Waals surface area contributed by atoms with Crippen molar-refractivity contribution in [1.29, 1.82) is 0 Å². The van der Waals surface area contributed by atoms with Gasteiger partial charge in [-0.05, 0) is 38.4 Å². The summed E-state index contributed by atoms with van der Waals surface area (Å²) < 4.78 is 10.9. The van der Waals surface area contributed by atoms with Crippen molar-refractivity contribution in [3.63, 3.8) is 0 Å². The number of hydrogen-bond donors (Lipinski definition) is 2. The lowest BCUT2D eigenvalue weighted by Crippen LogP contribution is -2.41. The van der Waals surface area contributed by atoms with Gasteiger partial charge in [0.1, 0.15) is 5.75 Å². The highest BCUT2D eigenvalue weighted by Gasteiger charge is 2.24. The molecule has 1 fully saturated rings. The maximum atomic E-state index is 12.2. The van der Waals surface area contributed by atoms with Crippen molar-refractivity contribution in [1.82, 2.24) is 15.5 Å². The van der Waals surface area contributed by atoms with E-state index in [9.17, 15) is 4.79 Å². The summed E-state index contributed by atoms with van der Waals surface area (Å²) in [5.74, 6) is 1.61. The third-order valence-corrected chi connectivity index (χ3v) is 5.01. The number of carbonyl (C=O) groups is 1. The normalized spacial score (nSPS) is 17.6. The molecule has 1 amide bonds. The fraction of sp³-hybridized carbons (Fsp3) is 0.619. The smallest absolute Gasteiger partial charge is 0.265 e. The number of benzene rings is 1. The van der Waals surface area contributed by atoms with Gasteiger partial charge in [0, 0.05) is 39.3 Å². The van der Waals surface area contributed by atoms with Crippen LogP contribution in [0.25, 0.3) is 0 Å². The van der Waals surface area contributed by atoms with E-state index >= 15 is 0 Å². The molecule has 0 spiro atoms. The van der Waals surface area contributed by atoms with Crippen LogP contribution in [0.15, 0.2) is 29.3 Å². The van der Waals surface area contributed by atoms with E-state index in [1.807, 2.05) is 24.3 Å². The van der Waals surface area contributed by atoms with Gasteiger partial charge in [-0.15, -0.1) is 0 Å². The Morgan fingerprint density at radius 2 is 1.97 bits per heavy atom. The van der Waals surface area contributed by atoms with E-state index in [1.54, 1.807) is 4.90 Å². The summed E-state index contributed by atoms with van der Waals surface area (Å²) in [7, 11) is 0. The molecule has 0 bridgehead atoms. The summed E-state index contributed by atoms with van der Waals surface area (Å²) in [4.78, 5) is 21.1. The molecule has 2 aliphatic heterocycles. The van der Waals surface area contributed by atoms with Crippen molar-refractivity contribution in [3.8, 4) is 5.75 Å². The summed E-state index contributed by atoms with van der Waals surface area (Å²) in [5.41, 5.74) is 0.848. The highest BCUT2D eigenvalue weighted by atomic mass is 16.5. The third-order valence-electron chi connectivity index (χ3n) is 5.01. The van der Waals surface area contributed by atoms with E-state index in [-0.39, 0.29) is 12.5 Å². The minimum absolute atomic E-state index is 0.000763. The van der Waals surface area contributed by atoms with Gasteiger partial charge >= 0.3 is 0 Å². The van der Waals surface area contributed by atoms with E-state index in [0.29, 0.717) is 13.1 Å². The van der Waals surface area contributed by atoms with Crippen molar-refractivity contribution in [2.45, 2.75) is 19.8 Å². The van der Waals surface area contributed by atoms with Crippen LogP contribution in [0.5, 0.6) is 5.75 Å². The zero-order chi connectivity index (χ0) is 20.3. The van der Waals surface area contributed by atoms with Gasteiger partial charge in [-0.25, -0.2) is 0 Å². The fourth-order valence-corrected chi connectivity index (χ4v) is 3.49. The first kappa shape index (κ1) is 21.4. The van der Waals surface area contributed by atoms with Crippen LogP contribution in [0.1, 0.15) is 19.8 Å². The maximum absolute atomic E-state index is 12.2. The summed E-state index contributed by atoms with van der Waals surface area (Å²) in [6.07, 6.45) is 1.87. The molecule has 1 saturated heterocycles. The number of carbonyl (C=O) groups excluding carboxylic acids is 1. The van der Waals surface area contributed by atoms with Crippen LogP contribution >= 0.6 is 0 Å². The number of fused-ring (bicyclic) bond motifs is 1. The first-order chi connectivity index (χ1) is 14.3. The molecule has 0 aromatic heterocycles. The average Bonchev–Trinajstić information content (AvgIpc) is 2.76. The third kappa shape index (κ3) is 6.61. The highest BCUT2D eigenvalue weighted by Crippen LogP contribution is 2.31. The summed E-state index contributed by atoms with van der Waals surface area (Å²) in [6.45, 7) is 9.99. The van der Waals surface area contributed by atoms with Crippen LogP contribution in [0.4, 0.5) is 5.69 Å². The van der Waals surface area contributed by atoms with Crippen molar-refractivity contribution in [2.75, 3.05) is 70.5 Å². The molecule has 0 aliphatic carbocycles. The van der Waals surface area contributed by atoms with Gasteiger partial charge in [0.05, 0.1) is 18.9 Å². The zero-order valence-electron chi connectivity index (χ0n) is 17.4. The molecule has 1 aromatic carbocycles. The SMILES string of the molecule is CCNC(=NCCCN1C(=O)COc2ccccc21)NCCCN1CCOCC1. The number of hydrogen-bond acceptors (Lipinski definition) is 5. The quantitative estimate of drug-likeness (QED) is 0.365. The number of para-hydroxylation sites is 2. The number of nitrogens with zero attached hydrogens (tertiary/aromatic N) is 3. The molecular formula is C21H33N5O3. The van der Waals surface area contributed by atoms with Gasteiger partial charge in [0.2, 0.25) is 0 Å². The molecular weight excluding hydrogens is 370 g/mol. The molecule has 2 N–H and O–H groups in total. The Hall–Kier alpha value is -2.32. The second kappa shape index (κ2) is 11.6. The van der Waals surface area contributed by atoms with Gasteiger partial charge in [-0.2, -0.15) is 0 Å². The predicted molar refractivity (Wildman–Crippen MR) is 115 cm³/mol. The maximum Gasteiger partial charge on any atom is 0.265 e.